The topological polar surface area (TPSA) is 56.6 Å². The highest BCUT2D eigenvalue weighted by Crippen LogP contribution is 2.33. The molecule has 1 N–H and O–H groups in total. The molecule has 0 aliphatic rings. The third-order valence-electron chi connectivity index (χ3n) is 2.66. The number of nitriles is 1. The van der Waals surface area contributed by atoms with Gasteiger partial charge in [0.25, 0.3) is 5.56 Å². The Bertz CT molecular complexity index is 782. The van der Waals surface area contributed by atoms with Gasteiger partial charge in [-0.05, 0) is 35.0 Å². The average Bonchev–Trinajstić information content (AvgIpc) is 2.36. The SMILES string of the molecule is Cc1cc(-c2c(F)c(F)cc(Br)c2F)c(C#N)c(=O)[nH]1. The Morgan fingerprint density at radius 1 is 1.25 bits per heavy atom. The Morgan fingerprint density at radius 2 is 1.90 bits per heavy atom. The van der Waals surface area contributed by atoms with E-state index in [2.05, 4.69) is 20.9 Å². The van der Waals surface area contributed by atoms with E-state index in [1.807, 2.05) is 0 Å². The first-order valence-corrected chi connectivity index (χ1v) is 6.13. The molecular formula is C13H6BrF3N2O. The van der Waals surface area contributed by atoms with Gasteiger partial charge in [0.05, 0.1) is 10.0 Å². The second-order valence-corrected chi connectivity index (χ2v) is 4.88. The van der Waals surface area contributed by atoms with Gasteiger partial charge in [-0.15, -0.1) is 0 Å². The lowest BCUT2D eigenvalue weighted by Gasteiger charge is -2.10. The number of nitrogens with zero attached hydrogens (tertiary/aromatic N) is 1. The largest absolute Gasteiger partial charge is 0.325 e. The van der Waals surface area contributed by atoms with E-state index in [0.717, 1.165) is 0 Å². The van der Waals surface area contributed by atoms with Crippen molar-refractivity contribution in [3.8, 4) is 17.2 Å². The summed E-state index contributed by atoms with van der Waals surface area (Å²) in [6, 6.07) is 3.42. The van der Waals surface area contributed by atoms with E-state index in [9.17, 15) is 18.0 Å². The first kappa shape index (κ1) is 14.3. The summed E-state index contributed by atoms with van der Waals surface area (Å²) in [7, 11) is 0. The molecule has 0 atom stereocenters. The van der Waals surface area contributed by atoms with Gasteiger partial charge in [-0.2, -0.15) is 5.26 Å². The molecule has 102 valence electrons. The van der Waals surface area contributed by atoms with Crippen molar-refractivity contribution < 1.29 is 13.2 Å². The maximum atomic E-state index is 14.0. The molecule has 0 amide bonds. The normalized spacial score (nSPS) is 10.4. The number of aryl methyl sites for hydroxylation is 1. The van der Waals surface area contributed by atoms with Crippen LogP contribution in [0.3, 0.4) is 0 Å². The van der Waals surface area contributed by atoms with Crippen molar-refractivity contribution in [1.29, 1.82) is 5.26 Å². The van der Waals surface area contributed by atoms with E-state index < -0.39 is 34.1 Å². The van der Waals surface area contributed by atoms with Crippen molar-refractivity contribution in [3.05, 3.63) is 55.7 Å². The fourth-order valence-electron chi connectivity index (χ4n) is 1.81. The van der Waals surface area contributed by atoms with Gasteiger partial charge < -0.3 is 4.98 Å². The molecule has 0 aliphatic heterocycles. The fraction of sp³-hybridized carbons (Fsp3) is 0.0769. The summed E-state index contributed by atoms with van der Waals surface area (Å²) in [4.78, 5) is 14.0. The van der Waals surface area contributed by atoms with Crippen LogP contribution in [0.2, 0.25) is 0 Å². The molecule has 20 heavy (non-hydrogen) atoms. The number of hydrogen-bond acceptors (Lipinski definition) is 2. The summed E-state index contributed by atoms with van der Waals surface area (Å²) >= 11 is 2.76. The zero-order chi connectivity index (χ0) is 15.0. The molecule has 2 aromatic rings. The summed E-state index contributed by atoms with van der Waals surface area (Å²) in [5.41, 5.74) is -2.01. The minimum absolute atomic E-state index is 0.288. The predicted octanol–water partition coefficient (Wildman–Crippen LogP) is 3.40. The minimum atomic E-state index is -1.45. The van der Waals surface area contributed by atoms with Crippen LogP contribution in [0.4, 0.5) is 13.2 Å². The highest BCUT2D eigenvalue weighted by atomic mass is 79.9. The second kappa shape index (κ2) is 5.13. The van der Waals surface area contributed by atoms with Gasteiger partial charge in [-0.1, -0.05) is 0 Å². The lowest BCUT2D eigenvalue weighted by atomic mass is 10.00. The van der Waals surface area contributed by atoms with Gasteiger partial charge in [-0.25, -0.2) is 13.2 Å². The van der Waals surface area contributed by atoms with Crippen LogP contribution in [0.5, 0.6) is 0 Å². The number of nitrogens with one attached hydrogen (secondary N) is 1. The average molecular weight is 343 g/mol. The van der Waals surface area contributed by atoms with Gasteiger partial charge in [-0.3, -0.25) is 4.79 Å². The first-order valence-electron chi connectivity index (χ1n) is 5.34. The van der Waals surface area contributed by atoms with Crippen molar-refractivity contribution in [1.82, 2.24) is 4.98 Å². The zero-order valence-electron chi connectivity index (χ0n) is 10.0. The maximum absolute atomic E-state index is 14.0. The van der Waals surface area contributed by atoms with E-state index in [1.165, 1.54) is 13.0 Å². The molecule has 0 spiro atoms. The van der Waals surface area contributed by atoms with Crippen LogP contribution in [0.1, 0.15) is 11.3 Å². The monoisotopic (exact) mass is 342 g/mol. The lowest BCUT2D eigenvalue weighted by molar-refractivity contribution is 0.497. The molecule has 1 aromatic heterocycles. The first-order chi connectivity index (χ1) is 9.36. The summed E-state index contributed by atoms with van der Waals surface area (Å²) in [5.74, 6) is -3.81. The Hall–Kier alpha value is -2.07. The van der Waals surface area contributed by atoms with E-state index in [1.54, 1.807) is 6.07 Å². The third kappa shape index (κ3) is 2.23. The summed E-state index contributed by atoms with van der Waals surface area (Å²) in [6.07, 6.45) is 0. The van der Waals surface area contributed by atoms with Gasteiger partial charge in [0.15, 0.2) is 11.6 Å². The smallest absolute Gasteiger partial charge is 0.266 e. The van der Waals surface area contributed by atoms with Crippen molar-refractivity contribution in [2.45, 2.75) is 6.92 Å². The Labute approximate surface area is 119 Å². The molecule has 1 aromatic carbocycles. The number of halogens is 4. The Morgan fingerprint density at radius 3 is 2.50 bits per heavy atom. The number of rotatable bonds is 1. The van der Waals surface area contributed by atoms with Crippen LogP contribution in [-0.2, 0) is 0 Å². The number of aromatic amines is 1. The number of hydrogen-bond donors (Lipinski definition) is 1. The van der Waals surface area contributed by atoms with Gasteiger partial charge >= 0.3 is 0 Å². The van der Waals surface area contributed by atoms with Crippen LogP contribution in [0, 0.1) is 35.7 Å². The van der Waals surface area contributed by atoms with Crippen molar-refractivity contribution in [2.24, 2.45) is 0 Å². The Balaban J connectivity index is 2.97. The Kier molecular flexibility index (Phi) is 3.68. The molecule has 0 radical (unpaired) electrons. The molecule has 2 rings (SSSR count). The standard InChI is InChI=1S/C13H6BrF3N2O/c1-5-2-6(7(4-18)13(20)19-5)10-11(16)8(14)3-9(15)12(10)17/h2-3H,1H3,(H,19,20). The van der Waals surface area contributed by atoms with Crippen molar-refractivity contribution in [2.75, 3.05) is 0 Å². The number of pyridine rings is 1. The quantitative estimate of drug-likeness (QED) is 0.807. The van der Waals surface area contributed by atoms with Gasteiger partial charge in [0, 0.05) is 11.3 Å². The van der Waals surface area contributed by atoms with Crippen molar-refractivity contribution >= 4 is 15.9 Å². The molecule has 0 unspecified atom stereocenters. The molecule has 1 heterocycles. The summed E-state index contributed by atoms with van der Waals surface area (Å²) in [6.45, 7) is 1.48. The third-order valence-corrected chi connectivity index (χ3v) is 3.24. The predicted molar refractivity (Wildman–Crippen MR) is 69.5 cm³/mol. The van der Waals surface area contributed by atoms with E-state index >= 15 is 0 Å². The lowest BCUT2D eigenvalue weighted by Crippen LogP contribution is -2.14. The molecule has 3 nitrogen and oxygen atoms in total. The number of aromatic nitrogens is 1. The second-order valence-electron chi connectivity index (χ2n) is 4.03. The van der Waals surface area contributed by atoms with E-state index in [-0.39, 0.29) is 10.0 Å². The van der Waals surface area contributed by atoms with Crippen molar-refractivity contribution in [3.63, 3.8) is 0 Å². The molecule has 0 aliphatic carbocycles. The van der Waals surface area contributed by atoms with E-state index in [0.29, 0.717) is 11.8 Å². The van der Waals surface area contributed by atoms with Crippen LogP contribution in [-0.4, -0.2) is 4.98 Å². The minimum Gasteiger partial charge on any atom is -0.325 e. The maximum Gasteiger partial charge on any atom is 0.266 e. The molecule has 7 heteroatoms. The molecule has 0 saturated carbocycles. The van der Waals surface area contributed by atoms with E-state index in [4.69, 9.17) is 5.26 Å². The van der Waals surface area contributed by atoms with Gasteiger partial charge in [0.1, 0.15) is 17.4 Å². The molecule has 0 fully saturated rings. The summed E-state index contributed by atoms with van der Waals surface area (Å²) in [5, 5.41) is 8.95. The van der Waals surface area contributed by atoms with Crippen LogP contribution < -0.4 is 5.56 Å². The van der Waals surface area contributed by atoms with Crippen LogP contribution >= 0.6 is 15.9 Å². The van der Waals surface area contributed by atoms with Crippen LogP contribution in [0.15, 0.2) is 21.4 Å². The van der Waals surface area contributed by atoms with Crippen LogP contribution in [0.25, 0.3) is 11.1 Å². The molecular weight excluding hydrogens is 337 g/mol. The summed E-state index contributed by atoms with van der Waals surface area (Å²) < 4.78 is 41.0. The molecule has 0 saturated heterocycles. The molecule has 0 bridgehead atoms. The number of benzene rings is 1. The highest BCUT2D eigenvalue weighted by molar-refractivity contribution is 9.10. The van der Waals surface area contributed by atoms with Gasteiger partial charge in [0.2, 0.25) is 0 Å². The number of H-pyrrole nitrogens is 1. The fourth-order valence-corrected chi connectivity index (χ4v) is 2.21. The highest BCUT2D eigenvalue weighted by Gasteiger charge is 2.23. The zero-order valence-corrected chi connectivity index (χ0v) is 11.6.